The third-order valence-corrected chi connectivity index (χ3v) is 5.43. The summed E-state index contributed by atoms with van der Waals surface area (Å²) in [7, 11) is 3.12. The number of carbonyl (C=O) groups excluding carboxylic acids is 1. The van der Waals surface area contributed by atoms with Gasteiger partial charge >= 0.3 is 5.97 Å². The number of hydrogen-bond acceptors (Lipinski definition) is 6. The van der Waals surface area contributed by atoms with E-state index in [1.807, 2.05) is 19.1 Å². The normalized spacial score (nSPS) is 23.0. The summed E-state index contributed by atoms with van der Waals surface area (Å²) in [6.07, 6.45) is 0.925. The molecule has 6 heteroatoms. The largest absolute Gasteiger partial charge is 0.497 e. The highest BCUT2D eigenvalue weighted by Gasteiger charge is 2.40. The molecule has 1 aromatic carbocycles. The molecule has 0 radical (unpaired) electrons. The van der Waals surface area contributed by atoms with E-state index in [-0.39, 0.29) is 18.1 Å². The van der Waals surface area contributed by atoms with E-state index in [1.165, 1.54) is 23.9 Å². The van der Waals surface area contributed by atoms with Crippen LogP contribution in [-0.4, -0.2) is 61.0 Å². The molecule has 2 atom stereocenters. The minimum absolute atomic E-state index is 0.153. The molecule has 0 saturated carbocycles. The Morgan fingerprint density at radius 1 is 1.26 bits per heavy atom. The van der Waals surface area contributed by atoms with E-state index in [0.29, 0.717) is 6.54 Å². The summed E-state index contributed by atoms with van der Waals surface area (Å²) < 4.78 is 10.4. The summed E-state index contributed by atoms with van der Waals surface area (Å²) in [6, 6.07) is 7.88. The van der Waals surface area contributed by atoms with E-state index in [0.717, 1.165) is 31.1 Å². The van der Waals surface area contributed by atoms with E-state index < -0.39 is 0 Å². The summed E-state index contributed by atoms with van der Waals surface area (Å²) in [5.41, 5.74) is 3.70. The van der Waals surface area contributed by atoms with Crippen LogP contribution in [0.25, 0.3) is 0 Å². The molecule has 146 valence electrons. The van der Waals surface area contributed by atoms with Crippen LogP contribution in [0.3, 0.4) is 0 Å². The Hall–Kier alpha value is -2.34. The van der Waals surface area contributed by atoms with Crippen LogP contribution in [0.1, 0.15) is 32.8 Å². The minimum atomic E-state index is -0.366. The number of carbonyl (C=O) groups is 1. The molecule has 0 unspecified atom stereocenters. The number of benzene rings is 1. The molecule has 2 aliphatic heterocycles. The molecule has 0 aromatic heterocycles. The monoisotopic (exact) mass is 371 g/mol. The predicted molar refractivity (Wildman–Crippen MR) is 106 cm³/mol. The van der Waals surface area contributed by atoms with Crippen LogP contribution in [-0.2, 0) is 16.1 Å². The SMILES string of the molecule is CCC1=C2CN(Cc3ccc(OC)cc3)C[C@H](C(=O)OC)N2C(C)=N[C@H]1C. The van der Waals surface area contributed by atoms with Gasteiger partial charge in [-0.25, -0.2) is 4.79 Å². The van der Waals surface area contributed by atoms with Gasteiger partial charge in [0.05, 0.1) is 20.3 Å². The number of methoxy groups -OCH3 is 2. The maximum atomic E-state index is 12.5. The fourth-order valence-corrected chi connectivity index (χ4v) is 4.13. The molecule has 6 nitrogen and oxygen atoms in total. The Labute approximate surface area is 161 Å². The van der Waals surface area contributed by atoms with Crippen LogP contribution in [0, 0.1) is 0 Å². The molecule has 0 bridgehead atoms. The first kappa shape index (κ1) is 19.4. The van der Waals surface area contributed by atoms with Crippen LogP contribution >= 0.6 is 0 Å². The molecular weight excluding hydrogens is 342 g/mol. The zero-order valence-corrected chi connectivity index (χ0v) is 16.9. The lowest BCUT2D eigenvalue weighted by molar-refractivity contribution is -0.146. The smallest absolute Gasteiger partial charge is 0.330 e. The fraction of sp³-hybridized carbons (Fsp3) is 0.524. The van der Waals surface area contributed by atoms with Crippen LogP contribution in [0.2, 0.25) is 0 Å². The van der Waals surface area contributed by atoms with E-state index in [2.05, 4.69) is 35.8 Å². The number of fused-ring (bicyclic) bond motifs is 1. The zero-order chi connectivity index (χ0) is 19.6. The van der Waals surface area contributed by atoms with E-state index in [1.54, 1.807) is 7.11 Å². The van der Waals surface area contributed by atoms with Crippen molar-refractivity contribution < 1.29 is 14.3 Å². The molecule has 27 heavy (non-hydrogen) atoms. The van der Waals surface area contributed by atoms with Crippen LogP contribution in [0.4, 0.5) is 0 Å². The van der Waals surface area contributed by atoms with Gasteiger partial charge in [0, 0.05) is 25.3 Å². The lowest BCUT2D eigenvalue weighted by atomic mass is 9.96. The number of nitrogens with zero attached hydrogens (tertiary/aromatic N) is 3. The Bertz CT molecular complexity index is 754. The van der Waals surface area contributed by atoms with Gasteiger partial charge in [-0.15, -0.1) is 0 Å². The average molecular weight is 371 g/mol. The van der Waals surface area contributed by atoms with Crippen molar-refractivity contribution in [1.29, 1.82) is 0 Å². The summed E-state index contributed by atoms with van der Waals surface area (Å²) in [4.78, 5) is 21.7. The van der Waals surface area contributed by atoms with E-state index >= 15 is 0 Å². The van der Waals surface area contributed by atoms with Crippen molar-refractivity contribution in [1.82, 2.24) is 9.80 Å². The molecular formula is C21H29N3O3. The molecule has 0 N–H and O–H groups in total. The molecule has 1 aromatic rings. The highest BCUT2D eigenvalue weighted by atomic mass is 16.5. The minimum Gasteiger partial charge on any atom is -0.497 e. The Morgan fingerprint density at radius 3 is 2.56 bits per heavy atom. The second-order valence-corrected chi connectivity index (χ2v) is 7.10. The fourth-order valence-electron chi connectivity index (χ4n) is 4.13. The Balaban J connectivity index is 1.90. The molecule has 1 saturated heterocycles. The number of ether oxygens (including phenoxy) is 2. The van der Waals surface area contributed by atoms with Crippen molar-refractivity contribution in [2.45, 2.75) is 45.8 Å². The van der Waals surface area contributed by atoms with Crippen molar-refractivity contribution in [2.24, 2.45) is 4.99 Å². The molecule has 1 fully saturated rings. The van der Waals surface area contributed by atoms with Gasteiger partial charge in [0.15, 0.2) is 0 Å². The lowest BCUT2D eigenvalue weighted by Crippen LogP contribution is -2.58. The highest BCUT2D eigenvalue weighted by molar-refractivity contribution is 5.89. The van der Waals surface area contributed by atoms with Crippen LogP contribution < -0.4 is 4.74 Å². The number of piperazine rings is 1. The van der Waals surface area contributed by atoms with E-state index in [4.69, 9.17) is 14.5 Å². The van der Waals surface area contributed by atoms with E-state index in [9.17, 15) is 4.79 Å². The van der Waals surface area contributed by atoms with Gasteiger partial charge in [0.25, 0.3) is 0 Å². The second kappa shape index (κ2) is 8.13. The number of amidine groups is 1. The van der Waals surface area contributed by atoms with Crippen LogP contribution in [0.5, 0.6) is 5.75 Å². The summed E-state index contributed by atoms with van der Waals surface area (Å²) in [5.74, 6) is 1.53. The van der Waals surface area contributed by atoms with Crippen molar-refractivity contribution in [3.63, 3.8) is 0 Å². The van der Waals surface area contributed by atoms with Gasteiger partial charge in [0.1, 0.15) is 17.6 Å². The quantitative estimate of drug-likeness (QED) is 0.745. The topological polar surface area (TPSA) is 54.4 Å². The maximum absolute atomic E-state index is 12.5. The molecule has 3 rings (SSSR count). The van der Waals surface area contributed by atoms with Crippen molar-refractivity contribution in [3.05, 3.63) is 41.1 Å². The first-order chi connectivity index (χ1) is 13.0. The standard InChI is InChI=1S/C21H29N3O3/c1-6-18-14(2)22-15(3)24-19(18)12-23(13-20(24)21(25)27-5)11-16-7-9-17(26-4)10-8-16/h7-10,14,20H,6,11-13H2,1-5H3/t14-,20+/m0/s1. The number of rotatable bonds is 5. The van der Waals surface area contributed by atoms with Crippen molar-refractivity contribution >= 4 is 11.8 Å². The van der Waals surface area contributed by atoms with Gasteiger partial charge in [-0.2, -0.15) is 0 Å². The Morgan fingerprint density at radius 2 is 1.96 bits per heavy atom. The van der Waals surface area contributed by atoms with Gasteiger partial charge in [0.2, 0.25) is 0 Å². The summed E-state index contributed by atoms with van der Waals surface area (Å²) in [6.45, 7) is 8.46. The maximum Gasteiger partial charge on any atom is 0.330 e. The predicted octanol–water partition coefficient (Wildman–Crippen LogP) is 2.84. The molecule has 0 spiro atoms. The Kier molecular flexibility index (Phi) is 5.85. The van der Waals surface area contributed by atoms with Gasteiger partial charge in [-0.3, -0.25) is 9.89 Å². The first-order valence-electron chi connectivity index (χ1n) is 9.47. The third-order valence-electron chi connectivity index (χ3n) is 5.43. The van der Waals surface area contributed by atoms with Crippen LogP contribution in [0.15, 0.2) is 40.5 Å². The third kappa shape index (κ3) is 3.86. The van der Waals surface area contributed by atoms with Gasteiger partial charge < -0.3 is 14.4 Å². The molecule has 0 aliphatic carbocycles. The van der Waals surface area contributed by atoms with Crippen molar-refractivity contribution in [2.75, 3.05) is 27.3 Å². The highest BCUT2D eigenvalue weighted by Crippen LogP contribution is 2.32. The average Bonchev–Trinajstić information content (AvgIpc) is 2.67. The number of hydrogen-bond donors (Lipinski definition) is 0. The first-order valence-corrected chi connectivity index (χ1v) is 9.47. The molecule has 2 heterocycles. The van der Waals surface area contributed by atoms with Gasteiger partial charge in [-0.05, 0) is 43.5 Å². The van der Waals surface area contributed by atoms with Crippen molar-refractivity contribution in [3.8, 4) is 5.75 Å². The lowest BCUT2D eigenvalue weighted by Gasteiger charge is -2.46. The molecule has 2 aliphatic rings. The summed E-state index contributed by atoms with van der Waals surface area (Å²) in [5, 5.41) is 0. The second-order valence-electron chi connectivity index (χ2n) is 7.10. The summed E-state index contributed by atoms with van der Waals surface area (Å²) >= 11 is 0. The number of esters is 1. The van der Waals surface area contributed by atoms with Gasteiger partial charge in [-0.1, -0.05) is 19.1 Å². The molecule has 0 amide bonds. The number of aliphatic imine (C=N–C) groups is 1. The zero-order valence-electron chi connectivity index (χ0n) is 16.9.